The van der Waals surface area contributed by atoms with Crippen LogP contribution in [-0.2, 0) is 6.61 Å². The molecule has 1 nitrogen and oxygen atoms in total. The predicted octanol–water partition coefficient (Wildman–Crippen LogP) is 9.37. The van der Waals surface area contributed by atoms with Gasteiger partial charge in [0.15, 0.2) is 0 Å². The lowest BCUT2D eigenvalue weighted by atomic mass is 10.2. The van der Waals surface area contributed by atoms with Crippen molar-refractivity contribution in [2.75, 3.05) is 0 Å². The van der Waals surface area contributed by atoms with Gasteiger partial charge in [-0.2, -0.15) is 0 Å². The third-order valence-corrected chi connectivity index (χ3v) is 10.5. The van der Waals surface area contributed by atoms with Gasteiger partial charge in [0.25, 0.3) is 0 Å². The van der Waals surface area contributed by atoms with Gasteiger partial charge in [0.05, 0.1) is 8.95 Å². The second-order valence-electron chi connectivity index (χ2n) is 4.04. The molecule has 0 saturated carbocycles. The molecule has 0 bridgehead atoms. The SMILES string of the molecule is Brc1cc(Br)c(OCc2c(Br)c(Br)c(Br)c(Br)c2Br)c(Br)c1. The average Bonchev–Trinajstić information content (AvgIpc) is 2.45. The van der Waals surface area contributed by atoms with Crippen LogP contribution in [-0.4, -0.2) is 0 Å². The number of ether oxygens (including phenoxy) is 1. The maximum atomic E-state index is 5.99. The minimum atomic E-state index is 0.393. The Hall–Kier alpha value is 2.08. The summed E-state index contributed by atoms with van der Waals surface area (Å²) < 4.78 is 13.3. The van der Waals surface area contributed by atoms with E-state index in [-0.39, 0.29) is 0 Å². The van der Waals surface area contributed by atoms with Gasteiger partial charge in [-0.05, 0) is 124 Å². The van der Waals surface area contributed by atoms with Crippen LogP contribution in [0.3, 0.4) is 0 Å². The summed E-state index contributed by atoms with van der Waals surface area (Å²) in [6.07, 6.45) is 0. The monoisotopic (exact) mass is 807 g/mol. The molecule has 0 atom stereocenters. The Balaban J connectivity index is 2.38. The van der Waals surface area contributed by atoms with Crippen molar-refractivity contribution in [1.29, 1.82) is 0 Å². The Morgan fingerprint density at radius 2 is 1.05 bits per heavy atom. The Bertz CT molecular complexity index is 691. The Morgan fingerprint density at radius 3 is 1.50 bits per heavy atom. The van der Waals surface area contributed by atoms with E-state index in [0.29, 0.717) is 6.61 Å². The number of hydrogen-bond donors (Lipinski definition) is 0. The van der Waals surface area contributed by atoms with E-state index in [9.17, 15) is 0 Å². The van der Waals surface area contributed by atoms with Crippen LogP contribution in [0.1, 0.15) is 5.56 Å². The number of halogens is 8. The topological polar surface area (TPSA) is 9.23 Å². The molecule has 22 heavy (non-hydrogen) atoms. The highest BCUT2D eigenvalue weighted by Gasteiger charge is 2.19. The highest BCUT2D eigenvalue weighted by Crippen LogP contribution is 2.45. The van der Waals surface area contributed by atoms with Gasteiger partial charge in [-0.25, -0.2) is 0 Å². The van der Waals surface area contributed by atoms with Crippen LogP contribution in [0.4, 0.5) is 0 Å². The van der Waals surface area contributed by atoms with Gasteiger partial charge in [-0.15, -0.1) is 0 Å². The molecule has 0 aromatic heterocycles. The van der Waals surface area contributed by atoms with Crippen molar-refractivity contribution in [3.63, 3.8) is 0 Å². The Morgan fingerprint density at radius 1 is 0.636 bits per heavy atom. The molecule has 0 aliphatic rings. The number of hydrogen-bond acceptors (Lipinski definition) is 1. The first-order chi connectivity index (χ1) is 10.2. The highest BCUT2D eigenvalue weighted by atomic mass is 79.9. The molecular weight excluding hydrogens is 811 g/mol. The first kappa shape index (κ1) is 20.4. The van der Waals surface area contributed by atoms with Crippen LogP contribution in [0, 0.1) is 0 Å². The van der Waals surface area contributed by atoms with E-state index in [4.69, 9.17) is 4.74 Å². The summed E-state index contributed by atoms with van der Waals surface area (Å²) >= 11 is 28.3. The van der Waals surface area contributed by atoms with Crippen molar-refractivity contribution in [2.45, 2.75) is 6.61 Å². The lowest BCUT2D eigenvalue weighted by Gasteiger charge is -2.16. The van der Waals surface area contributed by atoms with Crippen LogP contribution in [0.2, 0.25) is 0 Å². The van der Waals surface area contributed by atoms with Gasteiger partial charge < -0.3 is 4.74 Å². The van der Waals surface area contributed by atoms with E-state index in [1.807, 2.05) is 12.1 Å². The summed E-state index contributed by atoms with van der Waals surface area (Å²) in [5.41, 5.74) is 0.990. The van der Waals surface area contributed by atoms with Gasteiger partial charge in [0, 0.05) is 32.4 Å². The highest BCUT2D eigenvalue weighted by molar-refractivity contribution is 9.16. The zero-order valence-corrected chi connectivity index (χ0v) is 23.0. The van der Waals surface area contributed by atoms with Crippen molar-refractivity contribution >= 4 is 127 Å². The normalized spacial score (nSPS) is 10.9. The van der Waals surface area contributed by atoms with E-state index in [0.717, 1.165) is 47.1 Å². The molecule has 9 heteroatoms. The molecule has 0 amide bonds. The van der Waals surface area contributed by atoms with Crippen molar-refractivity contribution in [1.82, 2.24) is 0 Å². The largest absolute Gasteiger partial charge is 0.486 e. The molecule has 2 rings (SSSR count). The summed E-state index contributed by atoms with van der Waals surface area (Å²) in [6, 6.07) is 3.88. The molecule has 2 aromatic carbocycles. The second kappa shape index (κ2) is 8.64. The minimum absolute atomic E-state index is 0.393. The van der Waals surface area contributed by atoms with Crippen molar-refractivity contribution in [2.24, 2.45) is 0 Å². The maximum absolute atomic E-state index is 5.99. The molecule has 0 aliphatic carbocycles. The van der Waals surface area contributed by atoms with Crippen LogP contribution < -0.4 is 4.74 Å². The smallest absolute Gasteiger partial charge is 0.148 e. The first-order valence-corrected chi connectivity index (χ1v) is 11.9. The molecule has 0 fully saturated rings. The molecule has 0 spiro atoms. The van der Waals surface area contributed by atoms with Crippen LogP contribution in [0.15, 0.2) is 47.9 Å². The van der Waals surface area contributed by atoms with Crippen LogP contribution in [0.5, 0.6) is 5.75 Å². The van der Waals surface area contributed by atoms with Crippen LogP contribution in [0.25, 0.3) is 0 Å². The van der Waals surface area contributed by atoms with E-state index in [1.165, 1.54) is 0 Å². The van der Waals surface area contributed by atoms with Crippen molar-refractivity contribution in [3.8, 4) is 5.75 Å². The Labute approximate surface area is 195 Å². The van der Waals surface area contributed by atoms with Crippen molar-refractivity contribution in [3.05, 3.63) is 53.5 Å². The van der Waals surface area contributed by atoms with Gasteiger partial charge in [-0.1, -0.05) is 15.9 Å². The second-order valence-corrected chi connectivity index (χ2v) is 10.6. The molecule has 0 radical (unpaired) electrons. The minimum Gasteiger partial charge on any atom is -0.486 e. The fourth-order valence-corrected chi connectivity index (χ4v) is 7.43. The first-order valence-electron chi connectivity index (χ1n) is 5.51. The molecule has 0 heterocycles. The molecule has 0 N–H and O–H groups in total. The molecule has 0 aliphatic heterocycles. The van der Waals surface area contributed by atoms with E-state index < -0.39 is 0 Å². The zero-order valence-electron chi connectivity index (χ0n) is 10.3. The summed E-state index contributed by atoms with van der Waals surface area (Å²) in [6.45, 7) is 0.393. The molecule has 2 aromatic rings. The third kappa shape index (κ3) is 4.43. The van der Waals surface area contributed by atoms with Crippen molar-refractivity contribution < 1.29 is 4.74 Å². The summed E-state index contributed by atoms with van der Waals surface area (Å²) in [4.78, 5) is 0. The molecule has 0 unspecified atom stereocenters. The fraction of sp³-hybridized carbons (Fsp3) is 0.0769. The maximum Gasteiger partial charge on any atom is 0.148 e. The van der Waals surface area contributed by atoms with E-state index in [1.54, 1.807) is 0 Å². The zero-order chi connectivity index (χ0) is 16.6. The summed E-state index contributed by atoms with van der Waals surface area (Å²) in [7, 11) is 0. The van der Waals surface area contributed by atoms with Gasteiger partial charge in [0.1, 0.15) is 12.4 Å². The number of rotatable bonds is 3. The lowest BCUT2D eigenvalue weighted by Crippen LogP contribution is -2.01. The van der Waals surface area contributed by atoms with Gasteiger partial charge >= 0.3 is 0 Å². The Kier molecular flexibility index (Phi) is 8.01. The van der Waals surface area contributed by atoms with Gasteiger partial charge in [-0.3, -0.25) is 0 Å². The summed E-state index contributed by atoms with van der Waals surface area (Å²) in [5, 5.41) is 0. The lowest BCUT2D eigenvalue weighted by molar-refractivity contribution is 0.300. The van der Waals surface area contributed by atoms with Gasteiger partial charge in [0.2, 0.25) is 0 Å². The van der Waals surface area contributed by atoms with Crippen LogP contribution >= 0.6 is 127 Å². The predicted molar refractivity (Wildman–Crippen MR) is 119 cm³/mol. The third-order valence-electron chi connectivity index (χ3n) is 2.62. The van der Waals surface area contributed by atoms with E-state index >= 15 is 0 Å². The quantitative estimate of drug-likeness (QED) is 0.222. The molecule has 118 valence electrons. The fourth-order valence-electron chi connectivity index (χ4n) is 1.59. The van der Waals surface area contributed by atoms with E-state index in [2.05, 4.69) is 127 Å². The molecular formula is C13H4Br8O. The standard InChI is InChI=1S/C13H4Br8O/c14-4-1-6(15)13(7(16)2-4)22-3-5-8(17)10(19)12(21)11(20)9(5)18/h1-2H,3H2. The average molecular weight is 815 g/mol. The summed E-state index contributed by atoms with van der Waals surface area (Å²) in [5.74, 6) is 0.747. The number of benzene rings is 2. The molecule has 0 saturated heterocycles.